The standard InChI is InChI=1S/C7H17N3O2S/c1-7(2,12-13)6(11)9-10(3)5-4-8/h13H,4-5,8H2,1-3H3,(H,9,11). The Hall–Kier alpha value is -0.300. The third-order valence-electron chi connectivity index (χ3n) is 1.53. The van der Waals surface area contributed by atoms with Crippen LogP contribution >= 0.6 is 12.9 Å². The zero-order valence-corrected chi connectivity index (χ0v) is 9.10. The molecule has 0 saturated carbocycles. The lowest BCUT2D eigenvalue weighted by Gasteiger charge is -2.24. The van der Waals surface area contributed by atoms with E-state index in [1.54, 1.807) is 25.9 Å². The van der Waals surface area contributed by atoms with E-state index in [2.05, 4.69) is 18.3 Å². The minimum absolute atomic E-state index is 0.251. The molecule has 13 heavy (non-hydrogen) atoms. The van der Waals surface area contributed by atoms with Crippen LogP contribution < -0.4 is 11.2 Å². The van der Waals surface area contributed by atoms with Gasteiger partial charge in [-0.2, -0.15) is 0 Å². The van der Waals surface area contributed by atoms with Gasteiger partial charge in [-0.1, -0.05) is 0 Å². The predicted molar refractivity (Wildman–Crippen MR) is 54.0 cm³/mol. The van der Waals surface area contributed by atoms with Crippen LogP contribution in [0.3, 0.4) is 0 Å². The van der Waals surface area contributed by atoms with Crippen LogP contribution in [0.15, 0.2) is 0 Å². The van der Waals surface area contributed by atoms with E-state index in [9.17, 15) is 4.79 Å². The van der Waals surface area contributed by atoms with Gasteiger partial charge in [-0.3, -0.25) is 10.2 Å². The highest BCUT2D eigenvalue weighted by molar-refractivity contribution is 7.75. The van der Waals surface area contributed by atoms with E-state index < -0.39 is 5.60 Å². The molecular formula is C7H17N3O2S. The first-order valence-corrected chi connectivity index (χ1v) is 4.35. The molecule has 0 aromatic rings. The van der Waals surface area contributed by atoms with Crippen molar-refractivity contribution < 1.29 is 8.98 Å². The maximum absolute atomic E-state index is 11.4. The highest BCUT2D eigenvalue weighted by Gasteiger charge is 2.28. The first kappa shape index (κ1) is 12.7. The number of hydrazine groups is 1. The Morgan fingerprint density at radius 1 is 1.69 bits per heavy atom. The number of carbonyl (C=O) groups excluding carboxylic acids is 1. The molecule has 0 aliphatic carbocycles. The molecule has 0 aromatic carbocycles. The molecule has 6 heteroatoms. The Bertz CT molecular complexity index is 175. The molecule has 1 amide bonds. The lowest BCUT2D eigenvalue weighted by Crippen LogP contribution is -2.50. The van der Waals surface area contributed by atoms with Gasteiger partial charge in [0.2, 0.25) is 0 Å². The van der Waals surface area contributed by atoms with Gasteiger partial charge in [-0.15, -0.1) is 0 Å². The molecule has 0 heterocycles. The maximum atomic E-state index is 11.4. The number of nitrogens with one attached hydrogen (secondary N) is 1. The summed E-state index contributed by atoms with van der Waals surface area (Å²) in [4.78, 5) is 11.4. The molecule has 0 aliphatic rings. The third kappa shape index (κ3) is 4.47. The number of carbonyl (C=O) groups is 1. The summed E-state index contributed by atoms with van der Waals surface area (Å²) in [5.74, 6) is -0.251. The fraction of sp³-hybridized carbons (Fsp3) is 0.857. The van der Waals surface area contributed by atoms with Crippen LogP contribution in [0, 0.1) is 0 Å². The Kier molecular flexibility index (Phi) is 5.31. The first-order valence-electron chi connectivity index (χ1n) is 3.99. The molecular weight excluding hydrogens is 190 g/mol. The van der Waals surface area contributed by atoms with Crippen LogP contribution in [-0.2, 0) is 8.98 Å². The molecule has 78 valence electrons. The van der Waals surface area contributed by atoms with Crippen molar-refractivity contribution in [2.75, 3.05) is 20.1 Å². The average Bonchev–Trinajstić information content (AvgIpc) is 2.04. The Labute approximate surface area is 84.2 Å². The zero-order chi connectivity index (χ0) is 10.5. The summed E-state index contributed by atoms with van der Waals surface area (Å²) in [7, 11) is 1.74. The van der Waals surface area contributed by atoms with Gasteiger partial charge in [0.1, 0.15) is 0 Å². The van der Waals surface area contributed by atoms with Gasteiger partial charge in [-0.25, -0.2) is 5.01 Å². The van der Waals surface area contributed by atoms with E-state index in [1.165, 1.54) is 0 Å². The summed E-state index contributed by atoms with van der Waals surface area (Å²) in [6, 6.07) is 0. The molecule has 0 unspecified atom stereocenters. The van der Waals surface area contributed by atoms with Gasteiger partial charge in [0.25, 0.3) is 5.91 Å². The lowest BCUT2D eigenvalue weighted by molar-refractivity contribution is -0.137. The molecule has 3 N–H and O–H groups in total. The van der Waals surface area contributed by atoms with E-state index >= 15 is 0 Å². The van der Waals surface area contributed by atoms with Crippen LogP contribution in [-0.4, -0.2) is 36.7 Å². The fourth-order valence-corrected chi connectivity index (χ4v) is 0.682. The molecule has 0 bridgehead atoms. The second kappa shape index (κ2) is 5.43. The van der Waals surface area contributed by atoms with E-state index in [0.717, 1.165) is 0 Å². The van der Waals surface area contributed by atoms with E-state index in [0.29, 0.717) is 13.1 Å². The van der Waals surface area contributed by atoms with Gasteiger partial charge in [0.15, 0.2) is 5.60 Å². The van der Waals surface area contributed by atoms with Crippen molar-refractivity contribution in [1.82, 2.24) is 10.4 Å². The minimum atomic E-state index is -0.939. The average molecular weight is 207 g/mol. The lowest BCUT2D eigenvalue weighted by atomic mass is 10.1. The topological polar surface area (TPSA) is 67.6 Å². The summed E-state index contributed by atoms with van der Waals surface area (Å²) < 4.78 is 4.70. The van der Waals surface area contributed by atoms with Crippen molar-refractivity contribution in [3.63, 3.8) is 0 Å². The molecule has 0 aromatic heterocycles. The second-order valence-corrected chi connectivity index (χ2v) is 3.44. The van der Waals surface area contributed by atoms with Crippen molar-refractivity contribution >= 4 is 18.8 Å². The van der Waals surface area contributed by atoms with Crippen molar-refractivity contribution in [2.24, 2.45) is 5.73 Å². The quantitative estimate of drug-likeness (QED) is 0.324. The summed E-state index contributed by atoms with van der Waals surface area (Å²) in [6.07, 6.45) is 0. The van der Waals surface area contributed by atoms with Crippen LogP contribution in [0.2, 0.25) is 0 Å². The summed E-state index contributed by atoms with van der Waals surface area (Å²) in [6.45, 7) is 4.34. The number of nitrogens with two attached hydrogens (primary N) is 1. The van der Waals surface area contributed by atoms with Gasteiger partial charge in [-0.05, 0) is 26.8 Å². The minimum Gasteiger partial charge on any atom is -0.329 e. The smallest absolute Gasteiger partial charge is 0.267 e. The summed E-state index contributed by atoms with van der Waals surface area (Å²) in [5, 5.41) is 1.61. The molecule has 0 atom stereocenters. The van der Waals surface area contributed by atoms with Crippen molar-refractivity contribution in [1.29, 1.82) is 0 Å². The number of thiol groups is 1. The highest BCUT2D eigenvalue weighted by atomic mass is 32.1. The normalized spacial score (nSPS) is 11.8. The monoisotopic (exact) mass is 207 g/mol. The van der Waals surface area contributed by atoms with Crippen molar-refractivity contribution in [2.45, 2.75) is 19.4 Å². The molecule has 0 fully saturated rings. The van der Waals surface area contributed by atoms with Crippen LogP contribution in [0.4, 0.5) is 0 Å². The molecule has 0 rings (SSSR count). The molecule has 0 saturated heterocycles. The van der Waals surface area contributed by atoms with Gasteiger partial charge in [0.05, 0.1) is 0 Å². The molecule has 5 nitrogen and oxygen atoms in total. The number of hydrogen-bond donors (Lipinski definition) is 3. The van der Waals surface area contributed by atoms with Gasteiger partial charge in [0, 0.05) is 20.1 Å². The maximum Gasteiger partial charge on any atom is 0.267 e. The van der Waals surface area contributed by atoms with Gasteiger partial charge < -0.3 is 9.92 Å². The molecule has 0 spiro atoms. The number of rotatable bonds is 5. The number of nitrogens with zero attached hydrogens (tertiary/aromatic N) is 1. The van der Waals surface area contributed by atoms with Crippen LogP contribution in [0.25, 0.3) is 0 Å². The Morgan fingerprint density at radius 2 is 2.23 bits per heavy atom. The van der Waals surface area contributed by atoms with Gasteiger partial charge >= 0.3 is 0 Å². The van der Waals surface area contributed by atoms with Crippen molar-refractivity contribution in [3.8, 4) is 0 Å². The van der Waals surface area contributed by atoms with E-state index in [1.807, 2.05) is 0 Å². The van der Waals surface area contributed by atoms with E-state index in [4.69, 9.17) is 9.92 Å². The molecule has 0 radical (unpaired) electrons. The second-order valence-electron chi connectivity index (χ2n) is 3.25. The Morgan fingerprint density at radius 3 is 2.62 bits per heavy atom. The number of likely N-dealkylation sites (N-methyl/N-ethyl adjacent to an activating group) is 1. The number of hydrogen-bond acceptors (Lipinski definition) is 5. The third-order valence-corrected chi connectivity index (χ3v) is 1.99. The number of amides is 1. The SMILES string of the molecule is CN(CCN)NC(=O)C(C)(C)OS. The highest BCUT2D eigenvalue weighted by Crippen LogP contribution is 2.10. The summed E-state index contributed by atoms with van der Waals surface area (Å²) in [5.41, 5.74) is 6.98. The Balaban J connectivity index is 3.99. The fourth-order valence-electron chi connectivity index (χ4n) is 0.599. The van der Waals surface area contributed by atoms with Crippen LogP contribution in [0.1, 0.15) is 13.8 Å². The molecule has 0 aliphatic heterocycles. The van der Waals surface area contributed by atoms with E-state index in [-0.39, 0.29) is 5.91 Å². The van der Waals surface area contributed by atoms with Crippen molar-refractivity contribution in [3.05, 3.63) is 0 Å². The first-order chi connectivity index (χ1) is 5.94. The van der Waals surface area contributed by atoms with Crippen LogP contribution in [0.5, 0.6) is 0 Å². The largest absolute Gasteiger partial charge is 0.329 e. The zero-order valence-electron chi connectivity index (χ0n) is 8.20. The predicted octanol–water partition coefficient (Wildman–Crippen LogP) is -0.452. The summed E-state index contributed by atoms with van der Waals surface area (Å²) >= 11 is 3.61.